The maximum Gasteiger partial charge on any atom is 0.227 e. The molecule has 0 saturated carbocycles. The molecule has 0 aliphatic carbocycles. The maximum atomic E-state index is 12.8. The third-order valence-corrected chi connectivity index (χ3v) is 4.74. The Morgan fingerprint density at radius 3 is 2.38 bits per heavy atom. The van der Waals surface area contributed by atoms with Gasteiger partial charge in [0, 0.05) is 18.7 Å². The molecule has 1 aliphatic rings. The van der Waals surface area contributed by atoms with Crippen molar-refractivity contribution in [3.05, 3.63) is 40.3 Å². The van der Waals surface area contributed by atoms with E-state index >= 15 is 0 Å². The van der Waals surface area contributed by atoms with Gasteiger partial charge in [0.1, 0.15) is 5.76 Å². The van der Waals surface area contributed by atoms with E-state index in [1.807, 2.05) is 38.7 Å². The Hall–Kier alpha value is -2.50. The third kappa shape index (κ3) is 3.69. The summed E-state index contributed by atoms with van der Waals surface area (Å²) in [5.41, 5.74) is 4.02. The van der Waals surface area contributed by atoms with Crippen LogP contribution in [0.1, 0.15) is 42.0 Å². The summed E-state index contributed by atoms with van der Waals surface area (Å²) in [4.78, 5) is 14.7. The molecular weight excluding hydrogens is 332 g/mol. The van der Waals surface area contributed by atoms with Gasteiger partial charge < -0.3 is 18.9 Å². The standard InChI is InChI=1S/C20H26N2O4/c1-5-24-18-9-15-7-8-22(12-16(15)10-19(18)25-6-2)20(23)11-17-13(3)21-26-14(17)4/h9-10H,5-8,11-12H2,1-4H3. The predicted octanol–water partition coefficient (Wildman–Crippen LogP) is 3.22. The Labute approximate surface area is 154 Å². The van der Waals surface area contributed by atoms with Gasteiger partial charge in [0.2, 0.25) is 5.91 Å². The molecule has 1 aromatic heterocycles. The van der Waals surface area contributed by atoms with Crippen molar-refractivity contribution in [2.75, 3.05) is 19.8 Å². The number of nitrogens with zero attached hydrogens (tertiary/aromatic N) is 2. The quantitative estimate of drug-likeness (QED) is 0.793. The molecule has 2 heterocycles. The lowest BCUT2D eigenvalue weighted by Crippen LogP contribution is -2.37. The highest BCUT2D eigenvalue weighted by Gasteiger charge is 2.24. The summed E-state index contributed by atoms with van der Waals surface area (Å²) in [6.07, 6.45) is 1.14. The van der Waals surface area contributed by atoms with Crippen molar-refractivity contribution in [1.29, 1.82) is 0 Å². The maximum absolute atomic E-state index is 12.8. The van der Waals surface area contributed by atoms with E-state index in [0.29, 0.717) is 38.5 Å². The van der Waals surface area contributed by atoms with Crippen molar-refractivity contribution in [2.45, 2.75) is 47.1 Å². The van der Waals surface area contributed by atoms with Gasteiger partial charge in [0.15, 0.2) is 11.5 Å². The van der Waals surface area contributed by atoms with E-state index in [9.17, 15) is 4.79 Å². The van der Waals surface area contributed by atoms with Crippen LogP contribution in [-0.4, -0.2) is 35.7 Å². The van der Waals surface area contributed by atoms with Gasteiger partial charge in [-0.1, -0.05) is 5.16 Å². The molecule has 1 aromatic carbocycles. The van der Waals surface area contributed by atoms with E-state index in [-0.39, 0.29) is 5.91 Å². The van der Waals surface area contributed by atoms with Crippen LogP contribution in [0.2, 0.25) is 0 Å². The van der Waals surface area contributed by atoms with Gasteiger partial charge in [-0.3, -0.25) is 4.79 Å². The summed E-state index contributed by atoms with van der Waals surface area (Å²) in [6.45, 7) is 10.1. The number of hydrogen-bond acceptors (Lipinski definition) is 5. The molecule has 6 heteroatoms. The number of rotatable bonds is 6. The Morgan fingerprint density at radius 1 is 1.15 bits per heavy atom. The van der Waals surface area contributed by atoms with Crippen LogP contribution in [0, 0.1) is 13.8 Å². The second-order valence-electron chi connectivity index (χ2n) is 6.48. The zero-order chi connectivity index (χ0) is 18.7. The van der Waals surface area contributed by atoms with Gasteiger partial charge in [-0.05, 0) is 57.4 Å². The second kappa shape index (κ2) is 7.81. The van der Waals surface area contributed by atoms with E-state index in [4.69, 9.17) is 14.0 Å². The van der Waals surface area contributed by atoms with Crippen LogP contribution >= 0.6 is 0 Å². The second-order valence-corrected chi connectivity index (χ2v) is 6.48. The van der Waals surface area contributed by atoms with Gasteiger partial charge in [-0.15, -0.1) is 0 Å². The number of ether oxygens (including phenoxy) is 2. The molecule has 1 amide bonds. The number of amides is 1. The van der Waals surface area contributed by atoms with Crippen molar-refractivity contribution in [2.24, 2.45) is 0 Å². The van der Waals surface area contributed by atoms with Gasteiger partial charge in [0.25, 0.3) is 0 Å². The fourth-order valence-electron chi connectivity index (χ4n) is 3.33. The monoisotopic (exact) mass is 358 g/mol. The topological polar surface area (TPSA) is 64.8 Å². The van der Waals surface area contributed by atoms with Gasteiger partial charge >= 0.3 is 0 Å². The molecule has 140 valence electrons. The van der Waals surface area contributed by atoms with Gasteiger partial charge in [-0.2, -0.15) is 0 Å². The molecule has 0 N–H and O–H groups in total. The smallest absolute Gasteiger partial charge is 0.227 e. The van der Waals surface area contributed by atoms with Crippen molar-refractivity contribution in [1.82, 2.24) is 10.1 Å². The first-order chi connectivity index (χ1) is 12.5. The highest BCUT2D eigenvalue weighted by molar-refractivity contribution is 5.79. The first kappa shape index (κ1) is 18.3. The minimum atomic E-state index is 0.0943. The summed E-state index contributed by atoms with van der Waals surface area (Å²) >= 11 is 0. The first-order valence-corrected chi connectivity index (χ1v) is 9.14. The van der Waals surface area contributed by atoms with Crippen molar-refractivity contribution < 1.29 is 18.8 Å². The van der Waals surface area contributed by atoms with E-state index in [1.54, 1.807) is 0 Å². The van der Waals surface area contributed by atoms with Crippen molar-refractivity contribution in [3.63, 3.8) is 0 Å². The Kier molecular flexibility index (Phi) is 5.49. The summed E-state index contributed by atoms with van der Waals surface area (Å²) in [5.74, 6) is 2.34. The molecule has 0 bridgehead atoms. The lowest BCUT2D eigenvalue weighted by molar-refractivity contribution is -0.131. The predicted molar refractivity (Wildman–Crippen MR) is 97.6 cm³/mol. The number of carbonyl (C=O) groups is 1. The molecule has 0 saturated heterocycles. The van der Waals surface area contributed by atoms with Crippen LogP contribution in [0.5, 0.6) is 11.5 Å². The zero-order valence-corrected chi connectivity index (χ0v) is 15.9. The molecule has 0 atom stereocenters. The molecule has 3 rings (SSSR count). The largest absolute Gasteiger partial charge is 0.490 e. The fourth-order valence-corrected chi connectivity index (χ4v) is 3.33. The molecule has 2 aromatic rings. The average molecular weight is 358 g/mol. The molecule has 6 nitrogen and oxygen atoms in total. The SMILES string of the molecule is CCOc1cc2c(cc1OCC)CN(C(=O)Cc1c(C)noc1C)CC2. The highest BCUT2D eigenvalue weighted by Crippen LogP contribution is 2.34. The van der Waals surface area contributed by atoms with Crippen LogP contribution < -0.4 is 9.47 Å². The van der Waals surface area contributed by atoms with Crippen molar-refractivity contribution >= 4 is 5.91 Å². The van der Waals surface area contributed by atoms with Crippen LogP contribution in [-0.2, 0) is 24.2 Å². The minimum absolute atomic E-state index is 0.0943. The summed E-state index contributed by atoms with van der Waals surface area (Å²) in [7, 11) is 0. The lowest BCUT2D eigenvalue weighted by Gasteiger charge is -2.30. The normalized spacial score (nSPS) is 13.5. The number of hydrogen-bond donors (Lipinski definition) is 0. The highest BCUT2D eigenvalue weighted by atomic mass is 16.5. The van der Waals surface area contributed by atoms with Crippen LogP contribution in [0.15, 0.2) is 16.7 Å². The number of benzene rings is 1. The van der Waals surface area contributed by atoms with Crippen LogP contribution in [0.25, 0.3) is 0 Å². The summed E-state index contributed by atoms with van der Waals surface area (Å²) in [5, 5.41) is 3.93. The number of aryl methyl sites for hydroxylation is 2. The van der Waals surface area contributed by atoms with Crippen molar-refractivity contribution in [3.8, 4) is 11.5 Å². The summed E-state index contributed by atoms with van der Waals surface area (Å²) in [6, 6.07) is 4.07. The molecular formula is C20H26N2O4. The fraction of sp³-hybridized carbons (Fsp3) is 0.500. The third-order valence-electron chi connectivity index (χ3n) is 4.74. The lowest BCUT2D eigenvalue weighted by atomic mass is 9.98. The Morgan fingerprint density at radius 2 is 1.81 bits per heavy atom. The van der Waals surface area contributed by atoms with E-state index in [2.05, 4.69) is 11.2 Å². The number of carbonyl (C=O) groups excluding carboxylic acids is 1. The molecule has 0 unspecified atom stereocenters. The Bertz CT molecular complexity index is 778. The van der Waals surface area contributed by atoms with E-state index in [1.165, 1.54) is 5.56 Å². The Balaban J connectivity index is 1.78. The number of fused-ring (bicyclic) bond motifs is 1. The number of aromatic nitrogens is 1. The van der Waals surface area contributed by atoms with E-state index < -0.39 is 0 Å². The van der Waals surface area contributed by atoms with E-state index in [0.717, 1.165) is 34.7 Å². The van der Waals surface area contributed by atoms with Crippen LogP contribution in [0.4, 0.5) is 0 Å². The summed E-state index contributed by atoms with van der Waals surface area (Å²) < 4.78 is 16.6. The van der Waals surface area contributed by atoms with Gasteiger partial charge in [-0.25, -0.2) is 0 Å². The molecule has 1 aliphatic heterocycles. The first-order valence-electron chi connectivity index (χ1n) is 9.14. The molecule has 0 fully saturated rings. The zero-order valence-electron chi connectivity index (χ0n) is 15.9. The molecule has 0 spiro atoms. The van der Waals surface area contributed by atoms with Gasteiger partial charge in [0.05, 0.1) is 25.3 Å². The van der Waals surface area contributed by atoms with Crippen LogP contribution in [0.3, 0.4) is 0 Å². The molecule has 26 heavy (non-hydrogen) atoms. The average Bonchev–Trinajstić information content (AvgIpc) is 2.94. The molecule has 0 radical (unpaired) electrons. The minimum Gasteiger partial charge on any atom is -0.490 e.